The van der Waals surface area contributed by atoms with Crippen molar-refractivity contribution in [3.8, 4) is 17.1 Å². The summed E-state index contributed by atoms with van der Waals surface area (Å²) in [5.41, 5.74) is 1.97. The van der Waals surface area contributed by atoms with Crippen LogP contribution < -0.4 is 5.32 Å². The van der Waals surface area contributed by atoms with E-state index in [0.29, 0.717) is 28.5 Å². The average molecular weight is 449 g/mol. The molecule has 1 amide bonds. The quantitative estimate of drug-likeness (QED) is 0.471. The third-order valence-corrected chi connectivity index (χ3v) is 5.24. The van der Waals surface area contributed by atoms with Gasteiger partial charge >= 0.3 is 0 Å². The maximum Gasteiger partial charge on any atom is 0.259 e. The molecule has 3 heterocycles. The predicted molar refractivity (Wildman–Crippen MR) is 122 cm³/mol. The highest BCUT2D eigenvalue weighted by atomic mass is 19.1. The highest BCUT2D eigenvalue weighted by Gasteiger charge is 2.18. The number of halogens is 1. The molecule has 0 atom stereocenters. The molecule has 10 heteroatoms. The standard InChI is InChI=1S/C23H25FN8O/c1-13(2)22-28-29-30-32(22)21-8-6-7-20(26-21)27-23(33)17-10-16(15(5)9-18(17)24)19-11-31(12-25-19)14(3)4/h6-14H,1-5H3,(H,26,27,33). The number of aromatic nitrogens is 7. The molecule has 1 N–H and O–H groups in total. The van der Waals surface area contributed by atoms with Gasteiger partial charge in [-0.1, -0.05) is 19.9 Å². The van der Waals surface area contributed by atoms with E-state index < -0.39 is 11.7 Å². The maximum absolute atomic E-state index is 14.7. The first-order valence-electron chi connectivity index (χ1n) is 10.7. The molecule has 33 heavy (non-hydrogen) atoms. The fourth-order valence-corrected chi connectivity index (χ4v) is 3.39. The van der Waals surface area contributed by atoms with E-state index in [1.165, 1.54) is 16.8 Å². The topological polar surface area (TPSA) is 103 Å². The summed E-state index contributed by atoms with van der Waals surface area (Å²) in [6.45, 7) is 9.81. The first kappa shape index (κ1) is 22.3. The number of rotatable bonds is 6. The van der Waals surface area contributed by atoms with Crippen LogP contribution in [-0.2, 0) is 0 Å². The Hall–Kier alpha value is -3.95. The van der Waals surface area contributed by atoms with Crippen LogP contribution in [0.3, 0.4) is 0 Å². The summed E-state index contributed by atoms with van der Waals surface area (Å²) in [5.74, 6) is 0.206. The molecule has 0 saturated heterocycles. The van der Waals surface area contributed by atoms with Crippen molar-refractivity contribution < 1.29 is 9.18 Å². The van der Waals surface area contributed by atoms with E-state index in [2.05, 4.69) is 30.8 Å². The van der Waals surface area contributed by atoms with Crippen LogP contribution in [0.2, 0.25) is 0 Å². The smallest absolute Gasteiger partial charge is 0.259 e. The molecule has 0 aliphatic carbocycles. The fourth-order valence-electron chi connectivity index (χ4n) is 3.39. The van der Waals surface area contributed by atoms with Crippen LogP contribution in [-0.4, -0.2) is 40.6 Å². The van der Waals surface area contributed by atoms with Crippen molar-refractivity contribution in [3.05, 3.63) is 65.6 Å². The first-order chi connectivity index (χ1) is 15.7. The zero-order valence-corrected chi connectivity index (χ0v) is 19.1. The number of hydrogen-bond acceptors (Lipinski definition) is 6. The van der Waals surface area contributed by atoms with Gasteiger partial charge in [-0.05, 0) is 61.0 Å². The van der Waals surface area contributed by atoms with Crippen LogP contribution in [0.15, 0.2) is 42.9 Å². The summed E-state index contributed by atoms with van der Waals surface area (Å²) in [7, 11) is 0. The number of tetrazole rings is 1. The maximum atomic E-state index is 14.7. The summed E-state index contributed by atoms with van der Waals surface area (Å²) in [4.78, 5) is 21.8. The molecule has 0 bridgehead atoms. The number of nitrogens with zero attached hydrogens (tertiary/aromatic N) is 7. The molecule has 0 aliphatic rings. The number of carbonyl (C=O) groups excluding carboxylic acids is 1. The number of amides is 1. The molecule has 4 rings (SSSR count). The van der Waals surface area contributed by atoms with E-state index in [0.717, 1.165) is 0 Å². The number of carbonyl (C=O) groups is 1. The summed E-state index contributed by atoms with van der Waals surface area (Å²) in [6, 6.07) is 8.18. The van der Waals surface area contributed by atoms with Crippen molar-refractivity contribution >= 4 is 11.7 Å². The number of aryl methyl sites for hydroxylation is 1. The minimum Gasteiger partial charge on any atom is -0.334 e. The van der Waals surface area contributed by atoms with Gasteiger partial charge in [0.1, 0.15) is 11.6 Å². The molecule has 0 radical (unpaired) electrons. The minimum absolute atomic E-state index is 0.0827. The van der Waals surface area contributed by atoms with Crippen molar-refractivity contribution in [2.75, 3.05) is 5.32 Å². The summed E-state index contributed by atoms with van der Waals surface area (Å²) < 4.78 is 18.2. The van der Waals surface area contributed by atoms with Crippen LogP contribution in [0.1, 0.15) is 61.4 Å². The lowest BCUT2D eigenvalue weighted by molar-refractivity contribution is 0.102. The number of anilines is 1. The molecular weight excluding hydrogens is 423 g/mol. The van der Waals surface area contributed by atoms with Crippen molar-refractivity contribution in [1.29, 1.82) is 0 Å². The summed E-state index contributed by atoms with van der Waals surface area (Å²) in [5, 5.41) is 14.4. The van der Waals surface area contributed by atoms with Crippen molar-refractivity contribution in [2.24, 2.45) is 0 Å². The number of pyridine rings is 1. The average Bonchev–Trinajstić information content (AvgIpc) is 3.44. The Bertz CT molecular complexity index is 1310. The summed E-state index contributed by atoms with van der Waals surface area (Å²) >= 11 is 0. The molecule has 4 aromatic rings. The SMILES string of the molecule is Cc1cc(F)c(C(=O)Nc2cccc(-n3nnnc3C(C)C)n2)cc1-c1cn(C(C)C)cn1. The molecule has 9 nitrogen and oxygen atoms in total. The van der Waals surface area contributed by atoms with Gasteiger partial charge in [0.2, 0.25) is 0 Å². The first-order valence-corrected chi connectivity index (χ1v) is 10.7. The van der Waals surface area contributed by atoms with Gasteiger partial charge in [0.05, 0.1) is 17.6 Å². The lowest BCUT2D eigenvalue weighted by atomic mass is 10.0. The Morgan fingerprint density at radius 2 is 1.94 bits per heavy atom. The molecular formula is C23H25FN8O. The minimum atomic E-state index is -0.615. The molecule has 0 spiro atoms. The molecule has 0 unspecified atom stereocenters. The highest BCUT2D eigenvalue weighted by Crippen LogP contribution is 2.26. The van der Waals surface area contributed by atoms with Gasteiger partial charge in [-0.15, -0.1) is 5.10 Å². The summed E-state index contributed by atoms with van der Waals surface area (Å²) in [6.07, 6.45) is 3.61. The molecule has 1 aromatic carbocycles. The molecule has 170 valence electrons. The molecule has 0 fully saturated rings. The zero-order chi connectivity index (χ0) is 23.7. The fraction of sp³-hybridized carbons (Fsp3) is 0.304. The lowest BCUT2D eigenvalue weighted by Gasteiger charge is -2.11. The number of hydrogen-bond donors (Lipinski definition) is 1. The third-order valence-electron chi connectivity index (χ3n) is 5.24. The third kappa shape index (κ3) is 4.50. The monoisotopic (exact) mass is 448 g/mol. The Kier molecular flexibility index (Phi) is 5.99. The highest BCUT2D eigenvalue weighted by molar-refractivity contribution is 6.04. The van der Waals surface area contributed by atoms with Crippen molar-refractivity contribution in [2.45, 2.75) is 46.6 Å². The van der Waals surface area contributed by atoms with E-state index in [-0.39, 0.29) is 23.3 Å². The molecule has 0 aliphatic heterocycles. The van der Waals surface area contributed by atoms with E-state index in [1.54, 1.807) is 31.5 Å². The Morgan fingerprint density at radius 3 is 2.64 bits per heavy atom. The van der Waals surface area contributed by atoms with Gasteiger partial charge in [-0.25, -0.2) is 14.4 Å². The van der Waals surface area contributed by atoms with Gasteiger partial charge < -0.3 is 9.88 Å². The van der Waals surface area contributed by atoms with Gasteiger partial charge in [0, 0.05) is 23.7 Å². The zero-order valence-electron chi connectivity index (χ0n) is 19.1. The Labute approximate surface area is 190 Å². The van der Waals surface area contributed by atoms with Crippen LogP contribution in [0.5, 0.6) is 0 Å². The Balaban J connectivity index is 1.63. The van der Waals surface area contributed by atoms with Crippen molar-refractivity contribution in [3.63, 3.8) is 0 Å². The molecule has 0 saturated carbocycles. The van der Waals surface area contributed by atoms with Gasteiger partial charge in [0.15, 0.2) is 11.6 Å². The van der Waals surface area contributed by atoms with Gasteiger partial charge in [-0.3, -0.25) is 4.79 Å². The number of imidazole rings is 1. The van der Waals surface area contributed by atoms with Crippen LogP contribution in [0.4, 0.5) is 10.2 Å². The number of benzene rings is 1. The van der Waals surface area contributed by atoms with Gasteiger partial charge in [0.25, 0.3) is 5.91 Å². The largest absolute Gasteiger partial charge is 0.334 e. The van der Waals surface area contributed by atoms with Crippen LogP contribution in [0, 0.1) is 12.7 Å². The van der Waals surface area contributed by atoms with E-state index in [1.807, 2.05) is 38.5 Å². The van der Waals surface area contributed by atoms with Crippen LogP contribution in [0.25, 0.3) is 17.1 Å². The van der Waals surface area contributed by atoms with Crippen LogP contribution >= 0.6 is 0 Å². The second kappa shape index (κ2) is 8.89. The second-order valence-electron chi connectivity index (χ2n) is 8.39. The van der Waals surface area contributed by atoms with Crippen molar-refractivity contribution in [1.82, 2.24) is 34.7 Å². The van der Waals surface area contributed by atoms with E-state index in [4.69, 9.17) is 0 Å². The lowest BCUT2D eigenvalue weighted by Crippen LogP contribution is -2.16. The van der Waals surface area contributed by atoms with Gasteiger partial charge in [-0.2, -0.15) is 4.68 Å². The Morgan fingerprint density at radius 1 is 1.15 bits per heavy atom. The van der Waals surface area contributed by atoms with E-state index >= 15 is 0 Å². The van der Waals surface area contributed by atoms with E-state index in [9.17, 15) is 9.18 Å². The normalized spacial score (nSPS) is 11.4. The number of nitrogens with one attached hydrogen (secondary N) is 1. The predicted octanol–water partition coefficient (Wildman–Crippen LogP) is 4.32. The second-order valence-corrected chi connectivity index (χ2v) is 8.39. The molecule has 3 aromatic heterocycles.